The molecular weight excluding hydrogens is 270 g/mol. The van der Waals surface area contributed by atoms with E-state index in [-0.39, 0.29) is 10.6 Å². The molecule has 0 spiro atoms. The number of hydrogen-bond donors (Lipinski definition) is 2. The van der Waals surface area contributed by atoms with E-state index in [9.17, 15) is 10.1 Å². The highest BCUT2D eigenvalue weighted by Gasteiger charge is 2.34. The van der Waals surface area contributed by atoms with Crippen LogP contribution in [0, 0.1) is 10.1 Å². The van der Waals surface area contributed by atoms with Crippen LogP contribution in [0.1, 0.15) is 32.6 Å². The van der Waals surface area contributed by atoms with Gasteiger partial charge in [0.2, 0.25) is 0 Å². The van der Waals surface area contributed by atoms with Crippen molar-refractivity contribution in [1.82, 2.24) is 5.32 Å². The number of ether oxygens (including phenoxy) is 1. The molecule has 0 saturated carbocycles. The van der Waals surface area contributed by atoms with Crippen LogP contribution in [0.15, 0.2) is 18.2 Å². The maximum Gasteiger partial charge on any atom is 0.333 e. The summed E-state index contributed by atoms with van der Waals surface area (Å²) in [5.41, 5.74) is 0.613. The van der Waals surface area contributed by atoms with E-state index < -0.39 is 0 Å². The number of fused-ring (bicyclic) bond motifs is 2. The second-order valence-electron chi connectivity index (χ2n) is 5.79. The standard InChI is InChI=1S/C15H21N3O3/c1-2-21-14-5-3-4-13(15(14)18(19)20)17-12-8-10-6-7-11(9-12)16-10/h3-5,10-12,16-17H,2,6-9H2,1H3. The molecule has 2 bridgehead atoms. The van der Waals surface area contributed by atoms with Crippen molar-refractivity contribution < 1.29 is 9.66 Å². The third-order valence-electron chi connectivity index (χ3n) is 4.31. The molecule has 2 N–H and O–H groups in total. The second kappa shape index (κ2) is 5.89. The van der Waals surface area contributed by atoms with Gasteiger partial charge in [-0.1, -0.05) is 6.07 Å². The summed E-state index contributed by atoms with van der Waals surface area (Å²) in [5, 5.41) is 18.3. The molecule has 1 aromatic rings. The predicted octanol–water partition coefficient (Wildman–Crippen LogP) is 2.69. The zero-order valence-electron chi connectivity index (χ0n) is 12.2. The highest BCUT2D eigenvalue weighted by molar-refractivity contribution is 5.68. The summed E-state index contributed by atoms with van der Waals surface area (Å²) >= 11 is 0. The van der Waals surface area contributed by atoms with Crippen molar-refractivity contribution in [3.05, 3.63) is 28.3 Å². The van der Waals surface area contributed by atoms with E-state index in [0.29, 0.717) is 36.2 Å². The molecule has 6 heteroatoms. The molecule has 2 heterocycles. The van der Waals surface area contributed by atoms with Gasteiger partial charge in [-0.2, -0.15) is 0 Å². The van der Waals surface area contributed by atoms with Gasteiger partial charge >= 0.3 is 5.69 Å². The summed E-state index contributed by atoms with van der Waals surface area (Å²) in [7, 11) is 0. The molecule has 2 aliphatic rings. The smallest absolute Gasteiger partial charge is 0.333 e. The van der Waals surface area contributed by atoms with Crippen LogP contribution in [0.25, 0.3) is 0 Å². The Kier molecular flexibility index (Phi) is 3.96. The molecule has 2 aliphatic heterocycles. The van der Waals surface area contributed by atoms with E-state index in [0.717, 1.165) is 12.8 Å². The van der Waals surface area contributed by atoms with Crippen molar-refractivity contribution in [3.63, 3.8) is 0 Å². The van der Waals surface area contributed by atoms with Gasteiger partial charge in [-0.05, 0) is 44.7 Å². The molecule has 6 nitrogen and oxygen atoms in total. The predicted molar refractivity (Wildman–Crippen MR) is 80.9 cm³/mol. The van der Waals surface area contributed by atoms with E-state index in [1.165, 1.54) is 12.8 Å². The third-order valence-corrected chi connectivity index (χ3v) is 4.31. The number of hydrogen-bond acceptors (Lipinski definition) is 5. The van der Waals surface area contributed by atoms with Crippen LogP contribution in [0.3, 0.4) is 0 Å². The zero-order chi connectivity index (χ0) is 14.8. The summed E-state index contributed by atoms with van der Waals surface area (Å²) in [6.45, 7) is 2.25. The normalized spacial score (nSPS) is 27.4. The SMILES string of the molecule is CCOc1cccc(NC2CC3CCC(C2)N3)c1[N+](=O)[O-]. The first kappa shape index (κ1) is 14.1. The Balaban J connectivity index is 1.81. The van der Waals surface area contributed by atoms with Crippen LogP contribution in [0.4, 0.5) is 11.4 Å². The molecule has 21 heavy (non-hydrogen) atoms. The number of nitrogens with zero attached hydrogens (tertiary/aromatic N) is 1. The van der Waals surface area contributed by atoms with Gasteiger partial charge in [0.1, 0.15) is 5.69 Å². The van der Waals surface area contributed by atoms with E-state index in [4.69, 9.17) is 4.74 Å². The molecule has 0 aliphatic carbocycles. The van der Waals surface area contributed by atoms with Gasteiger partial charge in [0, 0.05) is 18.1 Å². The van der Waals surface area contributed by atoms with Crippen molar-refractivity contribution in [3.8, 4) is 5.75 Å². The van der Waals surface area contributed by atoms with Gasteiger partial charge in [0.05, 0.1) is 11.5 Å². The largest absolute Gasteiger partial charge is 0.487 e. The van der Waals surface area contributed by atoms with Crippen molar-refractivity contribution in [2.24, 2.45) is 0 Å². The lowest BCUT2D eigenvalue weighted by Crippen LogP contribution is -2.43. The number of anilines is 1. The second-order valence-corrected chi connectivity index (χ2v) is 5.79. The third kappa shape index (κ3) is 2.95. The minimum Gasteiger partial charge on any atom is -0.487 e. The van der Waals surface area contributed by atoms with Gasteiger partial charge in [-0.15, -0.1) is 0 Å². The quantitative estimate of drug-likeness (QED) is 0.644. The topological polar surface area (TPSA) is 76.4 Å². The Morgan fingerprint density at radius 2 is 2.10 bits per heavy atom. The van der Waals surface area contributed by atoms with E-state index >= 15 is 0 Å². The van der Waals surface area contributed by atoms with Gasteiger partial charge in [-0.25, -0.2) is 0 Å². The minimum absolute atomic E-state index is 0.0465. The average molecular weight is 291 g/mol. The number of para-hydroxylation sites is 1. The first-order chi connectivity index (χ1) is 10.2. The summed E-state index contributed by atoms with van der Waals surface area (Å²) in [6.07, 6.45) is 4.47. The molecule has 0 aromatic heterocycles. The molecule has 0 radical (unpaired) electrons. The average Bonchev–Trinajstić information content (AvgIpc) is 2.78. The summed E-state index contributed by atoms with van der Waals surface area (Å²) < 4.78 is 5.39. The molecule has 2 unspecified atom stereocenters. The zero-order valence-corrected chi connectivity index (χ0v) is 12.2. The van der Waals surface area contributed by atoms with Gasteiger partial charge in [0.25, 0.3) is 0 Å². The Hall–Kier alpha value is -1.82. The Labute approximate surface area is 124 Å². The first-order valence-electron chi connectivity index (χ1n) is 7.60. The molecule has 0 amide bonds. The summed E-state index contributed by atoms with van der Waals surface area (Å²) in [4.78, 5) is 11.0. The number of nitro groups is 1. The van der Waals surface area contributed by atoms with Gasteiger partial charge < -0.3 is 15.4 Å². The fourth-order valence-electron chi connectivity index (χ4n) is 3.49. The van der Waals surface area contributed by atoms with Crippen LogP contribution in [0.2, 0.25) is 0 Å². The number of rotatable bonds is 5. The van der Waals surface area contributed by atoms with Crippen molar-refractivity contribution in [2.75, 3.05) is 11.9 Å². The molecule has 2 atom stereocenters. The maximum atomic E-state index is 11.4. The molecule has 2 fully saturated rings. The fraction of sp³-hybridized carbons (Fsp3) is 0.600. The Bertz CT molecular complexity index is 523. The maximum absolute atomic E-state index is 11.4. The number of nitrogens with one attached hydrogen (secondary N) is 2. The molecule has 3 rings (SSSR count). The molecule has 1 aromatic carbocycles. The first-order valence-corrected chi connectivity index (χ1v) is 7.60. The highest BCUT2D eigenvalue weighted by atomic mass is 16.6. The lowest BCUT2D eigenvalue weighted by Gasteiger charge is -2.30. The van der Waals surface area contributed by atoms with Crippen molar-refractivity contribution in [1.29, 1.82) is 0 Å². The Morgan fingerprint density at radius 3 is 2.71 bits per heavy atom. The number of nitro benzene ring substituents is 1. The van der Waals surface area contributed by atoms with Crippen molar-refractivity contribution in [2.45, 2.75) is 50.7 Å². The monoisotopic (exact) mass is 291 g/mol. The number of piperidine rings is 1. The van der Waals surface area contributed by atoms with Crippen LogP contribution in [0.5, 0.6) is 5.75 Å². The van der Waals surface area contributed by atoms with Gasteiger partial charge in [-0.3, -0.25) is 10.1 Å². The van der Waals surface area contributed by atoms with Crippen LogP contribution in [-0.2, 0) is 0 Å². The Morgan fingerprint density at radius 1 is 1.38 bits per heavy atom. The molecule has 2 saturated heterocycles. The molecular formula is C15H21N3O3. The van der Waals surface area contributed by atoms with Gasteiger partial charge in [0.15, 0.2) is 5.75 Å². The van der Waals surface area contributed by atoms with Crippen LogP contribution < -0.4 is 15.4 Å². The van der Waals surface area contributed by atoms with E-state index in [1.807, 2.05) is 6.92 Å². The lowest BCUT2D eigenvalue weighted by atomic mass is 9.99. The fourth-order valence-corrected chi connectivity index (χ4v) is 3.49. The molecule has 114 valence electrons. The van der Waals surface area contributed by atoms with E-state index in [2.05, 4.69) is 10.6 Å². The number of benzene rings is 1. The summed E-state index contributed by atoms with van der Waals surface area (Å²) in [5.74, 6) is 0.337. The van der Waals surface area contributed by atoms with E-state index in [1.54, 1.807) is 18.2 Å². The minimum atomic E-state index is -0.358. The van der Waals surface area contributed by atoms with Crippen molar-refractivity contribution >= 4 is 11.4 Å². The highest BCUT2D eigenvalue weighted by Crippen LogP contribution is 2.37. The van der Waals surface area contributed by atoms with Crippen LogP contribution >= 0.6 is 0 Å². The summed E-state index contributed by atoms with van der Waals surface area (Å²) in [6, 6.07) is 6.62. The lowest BCUT2D eigenvalue weighted by molar-refractivity contribution is -0.385. The van der Waals surface area contributed by atoms with Crippen LogP contribution in [-0.4, -0.2) is 29.7 Å².